The van der Waals surface area contributed by atoms with Gasteiger partial charge in [0.05, 0.1) is 0 Å². The standard InChI is InChI=1S/C12H20N4/c1-3-4-11-9-12(15-10(2)14-11)16-7-5-13-6-8-16/h9,13H,3-8H2,1-2H3. The number of nitrogens with zero attached hydrogens (tertiary/aromatic N) is 3. The second-order valence-electron chi connectivity index (χ2n) is 4.25. The summed E-state index contributed by atoms with van der Waals surface area (Å²) < 4.78 is 0. The first-order valence-corrected chi connectivity index (χ1v) is 6.10. The largest absolute Gasteiger partial charge is 0.354 e. The lowest BCUT2D eigenvalue weighted by Crippen LogP contribution is -2.44. The summed E-state index contributed by atoms with van der Waals surface area (Å²) in [6, 6.07) is 2.14. The minimum absolute atomic E-state index is 0.888. The van der Waals surface area contributed by atoms with Gasteiger partial charge in [0.2, 0.25) is 0 Å². The zero-order valence-corrected chi connectivity index (χ0v) is 10.2. The van der Waals surface area contributed by atoms with Crippen molar-refractivity contribution in [2.24, 2.45) is 0 Å². The highest BCUT2D eigenvalue weighted by Gasteiger charge is 2.12. The quantitative estimate of drug-likeness (QED) is 0.829. The Kier molecular flexibility index (Phi) is 3.72. The van der Waals surface area contributed by atoms with Crippen LogP contribution in [-0.4, -0.2) is 36.1 Å². The molecule has 1 aromatic rings. The Balaban J connectivity index is 2.18. The van der Waals surface area contributed by atoms with Gasteiger partial charge in [0.15, 0.2) is 0 Å². The van der Waals surface area contributed by atoms with Crippen LogP contribution in [0.15, 0.2) is 6.07 Å². The van der Waals surface area contributed by atoms with Crippen molar-refractivity contribution < 1.29 is 0 Å². The molecule has 0 spiro atoms. The second-order valence-corrected chi connectivity index (χ2v) is 4.25. The molecule has 1 fully saturated rings. The number of anilines is 1. The Bertz CT molecular complexity index is 345. The van der Waals surface area contributed by atoms with Gasteiger partial charge in [-0.15, -0.1) is 0 Å². The number of aryl methyl sites for hydroxylation is 2. The molecule has 88 valence electrons. The van der Waals surface area contributed by atoms with Gasteiger partial charge in [0.1, 0.15) is 11.6 Å². The Morgan fingerprint density at radius 1 is 1.31 bits per heavy atom. The Labute approximate surface area is 97.1 Å². The minimum atomic E-state index is 0.888. The van der Waals surface area contributed by atoms with E-state index in [1.807, 2.05) is 6.92 Å². The van der Waals surface area contributed by atoms with E-state index < -0.39 is 0 Å². The lowest BCUT2D eigenvalue weighted by molar-refractivity contribution is 0.583. The summed E-state index contributed by atoms with van der Waals surface area (Å²) in [5.41, 5.74) is 1.17. The van der Waals surface area contributed by atoms with Crippen LogP contribution in [0.2, 0.25) is 0 Å². The van der Waals surface area contributed by atoms with Crippen LogP contribution in [0.4, 0.5) is 5.82 Å². The predicted molar refractivity (Wildman–Crippen MR) is 65.8 cm³/mol. The van der Waals surface area contributed by atoms with Crippen LogP contribution in [0.1, 0.15) is 24.9 Å². The number of rotatable bonds is 3. The van der Waals surface area contributed by atoms with E-state index in [0.29, 0.717) is 0 Å². The third-order valence-corrected chi connectivity index (χ3v) is 2.82. The van der Waals surface area contributed by atoms with Gasteiger partial charge >= 0.3 is 0 Å². The van der Waals surface area contributed by atoms with Crippen molar-refractivity contribution in [1.29, 1.82) is 0 Å². The molecule has 1 aromatic heterocycles. The van der Waals surface area contributed by atoms with E-state index in [9.17, 15) is 0 Å². The van der Waals surface area contributed by atoms with Crippen LogP contribution < -0.4 is 10.2 Å². The first-order chi connectivity index (χ1) is 7.79. The van der Waals surface area contributed by atoms with E-state index in [-0.39, 0.29) is 0 Å². The van der Waals surface area contributed by atoms with Crippen LogP contribution >= 0.6 is 0 Å². The fourth-order valence-electron chi connectivity index (χ4n) is 2.05. The number of aromatic nitrogens is 2. The molecule has 0 aromatic carbocycles. The summed E-state index contributed by atoms with van der Waals surface area (Å²) in [7, 11) is 0. The molecule has 1 N–H and O–H groups in total. The average Bonchev–Trinajstić information content (AvgIpc) is 2.30. The third-order valence-electron chi connectivity index (χ3n) is 2.82. The number of hydrogen-bond donors (Lipinski definition) is 1. The van der Waals surface area contributed by atoms with Crippen molar-refractivity contribution in [2.45, 2.75) is 26.7 Å². The molecular weight excluding hydrogens is 200 g/mol. The molecule has 0 atom stereocenters. The zero-order valence-electron chi connectivity index (χ0n) is 10.2. The van der Waals surface area contributed by atoms with Gasteiger partial charge in [-0.2, -0.15) is 0 Å². The van der Waals surface area contributed by atoms with Crippen LogP contribution in [0.5, 0.6) is 0 Å². The number of hydrogen-bond acceptors (Lipinski definition) is 4. The van der Waals surface area contributed by atoms with Crippen molar-refractivity contribution in [3.63, 3.8) is 0 Å². The first kappa shape index (κ1) is 11.3. The summed E-state index contributed by atoms with van der Waals surface area (Å²) in [6.07, 6.45) is 2.18. The van der Waals surface area contributed by atoms with Gasteiger partial charge in [0, 0.05) is 37.9 Å². The normalized spacial score (nSPS) is 16.5. The fraction of sp³-hybridized carbons (Fsp3) is 0.667. The summed E-state index contributed by atoms with van der Waals surface area (Å²) in [5, 5.41) is 3.35. The maximum atomic E-state index is 4.53. The molecule has 4 nitrogen and oxygen atoms in total. The molecule has 0 aliphatic carbocycles. The van der Waals surface area contributed by atoms with Gasteiger partial charge in [0.25, 0.3) is 0 Å². The fourth-order valence-corrected chi connectivity index (χ4v) is 2.05. The summed E-state index contributed by atoms with van der Waals surface area (Å²) in [6.45, 7) is 8.34. The van der Waals surface area contributed by atoms with Gasteiger partial charge in [-0.25, -0.2) is 9.97 Å². The van der Waals surface area contributed by atoms with E-state index in [0.717, 1.165) is 50.7 Å². The summed E-state index contributed by atoms with van der Waals surface area (Å²) >= 11 is 0. The van der Waals surface area contributed by atoms with Crippen LogP contribution in [0.25, 0.3) is 0 Å². The van der Waals surface area contributed by atoms with Gasteiger partial charge < -0.3 is 10.2 Å². The smallest absolute Gasteiger partial charge is 0.132 e. The Morgan fingerprint density at radius 2 is 2.06 bits per heavy atom. The van der Waals surface area contributed by atoms with E-state index in [2.05, 4.69) is 33.2 Å². The zero-order chi connectivity index (χ0) is 11.4. The van der Waals surface area contributed by atoms with Crippen molar-refractivity contribution in [3.05, 3.63) is 17.6 Å². The Morgan fingerprint density at radius 3 is 2.75 bits per heavy atom. The molecule has 0 bridgehead atoms. The molecule has 1 aliphatic heterocycles. The van der Waals surface area contributed by atoms with Crippen molar-refractivity contribution in [3.8, 4) is 0 Å². The molecule has 2 heterocycles. The molecule has 0 unspecified atom stereocenters. The van der Waals surface area contributed by atoms with E-state index in [4.69, 9.17) is 0 Å². The minimum Gasteiger partial charge on any atom is -0.354 e. The second kappa shape index (κ2) is 5.25. The lowest BCUT2D eigenvalue weighted by Gasteiger charge is -2.28. The lowest BCUT2D eigenvalue weighted by atomic mass is 10.2. The van der Waals surface area contributed by atoms with Crippen molar-refractivity contribution in [2.75, 3.05) is 31.1 Å². The molecule has 0 amide bonds. The van der Waals surface area contributed by atoms with Crippen molar-refractivity contribution in [1.82, 2.24) is 15.3 Å². The van der Waals surface area contributed by atoms with E-state index in [1.54, 1.807) is 0 Å². The third kappa shape index (κ3) is 2.70. The molecular formula is C12H20N4. The van der Waals surface area contributed by atoms with E-state index >= 15 is 0 Å². The highest BCUT2D eigenvalue weighted by atomic mass is 15.2. The monoisotopic (exact) mass is 220 g/mol. The molecule has 1 aliphatic rings. The SMILES string of the molecule is CCCc1cc(N2CCNCC2)nc(C)n1. The molecule has 0 saturated carbocycles. The molecule has 0 radical (unpaired) electrons. The van der Waals surface area contributed by atoms with Crippen LogP contribution in [0.3, 0.4) is 0 Å². The molecule has 2 rings (SSSR count). The topological polar surface area (TPSA) is 41.0 Å². The summed E-state index contributed by atoms with van der Waals surface area (Å²) in [4.78, 5) is 11.3. The van der Waals surface area contributed by atoms with Crippen molar-refractivity contribution >= 4 is 5.82 Å². The highest BCUT2D eigenvalue weighted by Crippen LogP contribution is 2.14. The highest BCUT2D eigenvalue weighted by molar-refractivity contribution is 5.40. The number of nitrogens with one attached hydrogen (secondary N) is 1. The Hall–Kier alpha value is -1.16. The van der Waals surface area contributed by atoms with Gasteiger partial charge in [-0.3, -0.25) is 0 Å². The average molecular weight is 220 g/mol. The van der Waals surface area contributed by atoms with Crippen LogP contribution in [-0.2, 0) is 6.42 Å². The first-order valence-electron chi connectivity index (χ1n) is 6.10. The number of piperazine rings is 1. The molecule has 4 heteroatoms. The maximum Gasteiger partial charge on any atom is 0.132 e. The van der Waals surface area contributed by atoms with E-state index in [1.165, 1.54) is 5.69 Å². The molecule has 1 saturated heterocycles. The summed E-state index contributed by atoms with van der Waals surface area (Å²) in [5.74, 6) is 1.98. The maximum absolute atomic E-state index is 4.53. The van der Waals surface area contributed by atoms with Gasteiger partial charge in [-0.1, -0.05) is 13.3 Å². The van der Waals surface area contributed by atoms with Crippen LogP contribution in [0, 0.1) is 6.92 Å². The van der Waals surface area contributed by atoms with Gasteiger partial charge in [-0.05, 0) is 13.3 Å². The predicted octanol–water partition coefficient (Wildman–Crippen LogP) is 1.15. The molecule has 16 heavy (non-hydrogen) atoms.